The highest BCUT2D eigenvalue weighted by atomic mass is 32.1. The van der Waals surface area contributed by atoms with E-state index < -0.39 is 0 Å². The van der Waals surface area contributed by atoms with Crippen LogP contribution in [-0.2, 0) is 0 Å². The Labute approximate surface area is 132 Å². The number of nitrogens with zero attached hydrogens (tertiary/aromatic N) is 1. The number of thiazole rings is 1. The van der Waals surface area contributed by atoms with Crippen molar-refractivity contribution in [3.8, 4) is 17.0 Å². The maximum atomic E-state index is 12.9. The molecule has 0 bridgehead atoms. The molecule has 2 aromatic carbocycles. The smallest absolute Gasteiger partial charge is 0.187 e. The summed E-state index contributed by atoms with van der Waals surface area (Å²) in [5.41, 5.74) is 2.80. The van der Waals surface area contributed by atoms with E-state index in [1.54, 1.807) is 30.6 Å². The molecule has 3 rings (SSSR count). The molecule has 22 heavy (non-hydrogen) atoms. The van der Waals surface area contributed by atoms with Gasteiger partial charge in [-0.2, -0.15) is 0 Å². The monoisotopic (exact) mass is 314 g/mol. The molecule has 0 saturated heterocycles. The van der Waals surface area contributed by atoms with E-state index in [0.29, 0.717) is 0 Å². The minimum absolute atomic E-state index is 0.250. The lowest BCUT2D eigenvalue weighted by molar-refractivity contribution is 0.415. The van der Waals surface area contributed by atoms with Gasteiger partial charge in [0.2, 0.25) is 0 Å². The third-order valence-electron chi connectivity index (χ3n) is 3.26. The van der Waals surface area contributed by atoms with E-state index in [9.17, 15) is 4.39 Å². The molecule has 0 aliphatic carbocycles. The molecule has 5 heteroatoms. The van der Waals surface area contributed by atoms with Gasteiger partial charge in [-0.15, -0.1) is 11.3 Å². The van der Waals surface area contributed by atoms with E-state index in [1.807, 2.05) is 31.2 Å². The highest BCUT2D eigenvalue weighted by Gasteiger charge is 2.10. The van der Waals surface area contributed by atoms with Crippen LogP contribution in [0.5, 0.6) is 5.75 Å². The van der Waals surface area contributed by atoms with Gasteiger partial charge in [0.15, 0.2) is 5.13 Å². The maximum absolute atomic E-state index is 12.9. The highest BCUT2D eigenvalue weighted by Crippen LogP contribution is 2.32. The average molecular weight is 314 g/mol. The van der Waals surface area contributed by atoms with Crippen LogP contribution in [0, 0.1) is 12.7 Å². The first-order valence-electron chi connectivity index (χ1n) is 6.80. The minimum Gasteiger partial charge on any atom is -0.497 e. The number of hydrogen-bond acceptors (Lipinski definition) is 4. The molecule has 0 fully saturated rings. The summed E-state index contributed by atoms with van der Waals surface area (Å²) in [6, 6.07) is 14.0. The molecule has 1 heterocycles. The number of anilines is 2. The fourth-order valence-electron chi connectivity index (χ4n) is 2.12. The molecule has 1 N–H and O–H groups in total. The quantitative estimate of drug-likeness (QED) is 0.735. The lowest BCUT2D eigenvalue weighted by Gasteiger charge is -2.02. The minimum atomic E-state index is -0.250. The highest BCUT2D eigenvalue weighted by molar-refractivity contribution is 7.16. The third kappa shape index (κ3) is 3.09. The Balaban J connectivity index is 1.85. The van der Waals surface area contributed by atoms with Crippen molar-refractivity contribution in [1.29, 1.82) is 0 Å². The van der Waals surface area contributed by atoms with Gasteiger partial charge in [-0.05, 0) is 55.5 Å². The van der Waals surface area contributed by atoms with E-state index in [4.69, 9.17) is 4.74 Å². The Morgan fingerprint density at radius 3 is 2.36 bits per heavy atom. The first-order valence-corrected chi connectivity index (χ1v) is 7.62. The number of hydrogen-bond donors (Lipinski definition) is 1. The van der Waals surface area contributed by atoms with Crippen LogP contribution in [-0.4, -0.2) is 12.1 Å². The number of benzene rings is 2. The molecule has 0 unspecified atom stereocenters. The van der Waals surface area contributed by atoms with E-state index in [-0.39, 0.29) is 5.82 Å². The van der Waals surface area contributed by atoms with Crippen LogP contribution in [0.3, 0.4) is 0 Å². The molecule has 0 aliphatic rings. The topological polar surface area (TPSA) is 34.1 Å². The Morgan fingerprint density at radius 2 is 1.73 bits per heavy atom. The molecule has 0 aliphatic heterocycles. The Morgan fingerprint density at radius 1 is 1.05 bits per heavy atom. The summed E-state index contributed by atoms with van der Waals surface area (Å²) in [7, 11) is 1.65. The van der Waals surface area contributed by atoms with Crippen LogP contribution in [0.25, 0.3) is 11.3 Å². The number of aryl methyl sites for hydroxylation is 1. The van der Waals surface area contributed by atoms with Crippen molar-refractivity contribution in [3.05, 3.63) is 59.2 Å². The van der Waals surface area contributed by atoms with Crippen LogP contribution in [0.15, 0.2) is 48.5 Å². The zero-order chi connectivity index (χ0) is 15.5. The number of methoxy groups -OCH3 is 1. The molecule has 0 atom stereocenters. The van der Waals surface area contributed by atoms with Crippen molar-refractivity contribution in [1.82, 2.24) is 4.98 Å². The van der Waals surface area contributed by atoms with Crippen molar-refractivity contribution >= 4 is 22.2 Å². The second-order valence-corrected chi connectivity index (χ2v) is 5.99. The van der Waals surface area contributed by atoms with Crippen molar-refractivity contribution in [2.45, 2.75) is 6.92 Å². The number of halogens is 1. The van der Waals surface area contributed by atoms with Crippen molar-refractivity contribution in [2.24, 2.45) is 0 Å². The van der Waals surface area contributed by atoms with Gasteiger partial charge in [0, 0.05) is 16.1 Å². The SMILES string of the molecule is COc1ccc(-c2nc(Nc3ccc(F)cc3)sc2C)cc1. The number of ether oxygens (including phenoxy) is 1. The fourth-order valence-corrected chi connectivity index (χ4v) is 2.98. The van der Waals surface area contributed by atoms with Gasteiger partial charge < -0.3 is 10.1 Å². The molecule has 0 spiro atoms. The van der Waals surface area contributed by atoms with E-state index in [0.717, 1.165) is 32.7 Å². The molecular weight excluding hydrogens is 299 g/mol. The van der Waals surface area contributed by atoms with Gasteiger partial charge in [-0.25, -0.2) is 9.37 Å². The van der Waals surface area contributed by atoms with E-state index >= 15 is 0 Å². The standard InChI is InChI=1S/C17H15FN2OS/c1-11-16(12-3-9-15(21-2)10-4-12)20-17(22-11)19-14-7-5-13(18)6-8-14/h3-10H,1-2H3,(H,19,20). The van der Waals surface area contributed by atoms with Gasteiger partial charge in [0.1, 0.15) is 11.6 Å². The van der Waals surface area contributed by atoms with Gasteiger partial charge in [0.05, 0.1) is 12.8 Å². The Kier molecular flexibility index (Phi) is 4.06. The summed E-state index contributed by atoms with van der Waals surface area (Å²) in [5.74, 6) is 0.570. The van der Waals surface area contributed by atoms with E-state index in [2.05, 4.69) is 10.3 Å². The molecule has 1 aromatic heterocycles. The second-order valence-electron chi connectivity index (χ2n) is 4.78. The van der Waals surface area contributed by atoms with Crippen LogP contribution in [0.4, 0.5) is 15.2 Å². The Hall–Kier alpha value is -2.40. The van der Waals surface area contributed by atoms with Crippen LogP contribution < -0.4 is 10.1 Å². The van der Waals surface area contributed by atoms with Gasteiger partial charge in [0.25, 0.3) is 0 Å². The number of rotatable bonds is 4. The normalized spacial score (nSPS) is 10.5. The van der Waals surface area contributed by atoms with E-state index in [1.165, 1.54) is 12.1 Å². The third-order valence-corrected chi connectivity index (χ3v) is 4.14. The van der Waals surface area contributed by atoms with Gasteiger partial charge >= 0.3 is 0 Å². The second kappa shape index (κ2) is 6.15. The summed E-state index contributed by atoms with van der Waals surface area (Å²) >= 11 is 1.57. The van der Waals surface area contributed by atoms with Crippen LogP contribution in [0.1, 0.15) is 4.88 Å². The summed E-state index contributed by atoms with van der Waals surface area (Å²) in [4.78, 5) is 5.75. The van der Waals surface area contributed by atoms with Crippen LogP contribution >= 0.6 is 11.3 Å². The fraction of sp³-hybridized carbons (Fsp3) is 0.118. The zero-order valence-electron chi connectivity index (χ0n) is 12.3. The average Bonchev–Trinajstić information content (AvgIpc) is 2.90. The predicted molar refractivity (Wildman–Crippen MR) is 88.5 cm³/mol. The first kappa shape index (κ1) is 14.5. The molecule has 3 nitrogen and oxygen atoms in total. The molecule has 3 aromatic rings. The van der Waals surface area contributed by atoms with Crippen molar-refractivity contribution < 1.29 is 9.13 Å². The Bertz CT molecular complexity index is 766. The molecule has 0 amide bonds. The van der Waals surface area contributed by atoms with Crippen molar-refractivity contribution in [2.75, 3.05) is 12.4 Å². The maximum Gasteiger partial charge on any atom is 0.187 e. The molecule has 0 radical (unpaired) electrons. The summed E-state index contributed by atoms with van der Waals surface area (Å²) in [6.45, 7) is 2.03. The van der Waals surface area contributed by atoms with Crippen molar-refractivity contribution in [3.63, 3.8) is 0 Å². The summed E-state index contributed by atoms with van der Waals surface area (Å²) < 4.78 is 18.1. The lowest BCUT2D eigenvalue weighted by atomic mass is 10.1. The number of aromatic nitrogens is 1. The predicted octanol–water partition coefficient (Wildman–Crippen LogP) is 5.01. The van der Waals surface area contributed by atoms with Crippen LogP contribution in [0.2, 0.25) is 0 Å². The first-order chi connectivity index (χ1) is 10.7. The lowest BCUT2D eigenvalue weighted by Crippen LogP contribution is -1.89. The zero-order valence-corrected chi connectivity index (χ0v) is 13.1. The van der Waals surface area contributed by atoms with Gasteiger partial charge in [-0.1, -0.05) is 0 Å². The summed E-state index contributed by atoms with van der Waals surface area (Å²) in [5, 5.41) is 3.99. The number of nitrogens with one attached hydrogen (secondary N) is 1. The molecule has 112 valence electrons. The molecule has 0 saturated carbocycles. The van der Waals surface area contributed by atoms with Gasteiger partial charge in [-0.3, -0.25) is 0 Å². The molecular formula is C17H15FN2OS. The summed E-state index contributed by atoms with van der Waals surface area (Å²) in [6.07, 6.45) is 0. The largest absolute Gasteiger partial charge is 0.497 e.